The second-order valence-electron chi connectivity index (χ2n) is 2.67. The third-order valence-corrected chi connectivity index (χ3v) is 1.71. The molecule has 0 heterocycles. The summed E-state index contributed by atoms with van der Waals surface area (Å²) in [5.41, 5.74) is 0.731. The van der Waals surface area contributed by atoms with Crippen LogP contribution >= 0.6 is 0 Å². The number of ether oxygens (including phenoxy) is 1. The fourth-order valence-corrected chi connectivity index (χ4v) is 0.929. The van der Waals surface area contributed by atoms with Crippen LogP contribution < -0.4 is 4.74 Å². The van der Waals surface area contributed by atoms with E-state index in [0.29, 0.717) is 12.4 Å². The molecule has 3 heteroatoms. The van der Waals surface area contributed by atoms with Crippen LogP contribution in [-0.2, 0) is 0 Å². The van der Waals surface area contributed by atoms with Crippen LogP contribution in [0.15, 0.2) is 41.9 Å². The van der Waals surface area contributed by atoms with Gasteiger partial charge in [-0.1, -0.05) is 12.6 Å². The summed E-state index contributed by atoms with van der Waals surface area (Å²) in [6.45, 7) is 3.89. The Hall–Kier alpha value is -1.64. The average molecular weight is 193 g/mol. The van der Waals surface area contributed by atoms with Crippen molar-refractivity contribution >= 4 is 5.71 Å². The van der Waals surface area contributed by atoms with Crippen LogP contribution in [0, 0.1) is 5.82 Å². The highest BCUT2D eigenvalue weighted by Crippen LogP contribution is 2.11. The van der Waals surface area contributed by atoms with Gasteiger partial charge in [0, 0.05) is 13.1 Å². The minimum absolute atomic E-state index is 0.309. The maximum absolute atomic E-state index is 12.7. The minimum atomic E-state index is -0.309. The number of hydrogen-bond donors (Lipinski definition) is 0. The van der Waals surface area contributed by atoms with Crippen molar-refractivity contribution in [3.05, 3.63) is 42.7 Å². The third-order valence-electron chi connectivity index (χ3n) is 1.71. The first-order valence-electron chi connectivity index (χ1n) is 4.22. The van der Waals surface area contributed by atoms with E-state index in [4.69, 9.17) is 4.74 Å². The highest BCUT2D eigenvalue weighted by Gasteiger charge is 1.97. The van der Waals surface area contributed by atoms with Crippen molar-refractivity contribution in [2.45, 2.75) is 0 Å². The molecule has 1 aromatic rings. The average Bonchev–Trinajstić information content (AvgIpc) is 2.19. The van der Waals surface area contributed by atoms with Crippen LogP contribution in [0.2, 0.25) is 0 Å². The minimum Gasteiger partial charge on any atom is -0.487 e. The molecule has 0 saturated heterocycles. The molecule has 1 aromatic carbocycles. The molecule has 0 atom stereocenters. The Bertz CT molecular complexity index is 347. The van der Waals surface area contributed by atoms with E-state index < -0.39 is 0 Å². The maximum Gasteiger partial charge on any atom is 0.130 e. The SMILES string of the molecule is C=CC(COc1cccc(F)c1)=NC. The monoisotopic (exact) mass is 193 g/mol. The van der Waals surface area contributed by atoms with Gasteiger partial charge in [-0.3, -0.25) is 4.99 Å². The lowest BCUT2D eigenvalue weighted by atomic mass is 10.3. The van der Waals surface area contributed by atoms with Crippen molar-refractivity contribution in [3.63, 3.8) is 0 Å². The van der Waals surface area contributed by atoms with Gasteiger partial charge in [-0.25, -0.2) is 4.39 Å². The molecule has 2 nitrogen and oxygen atoms in total. The van der Waals surface area contributed by atoms with Crippen molar-refractivity contribution in [1.82, 2.24) is 0 Å². The van der Waals surface area contributed by atoms with Gasteiger partial charge in [0.15, 0.2) is 0 Å². The van der Waals surface area contributed by atoms with Gasteiger partial charge >= 0.3 is 0 Å². The molecule has 0 saturated carbocycles. The normalized spacial score (nSPS) is 11.1. The lowest BCUT2D eigenvalue weighted by Gasteiger charge is -2.05. The standard InChI is InChI=1S/C11H12FNO/c1-3-10(13-2)8-14-11-6-4-5-9(12)7-11/h3-7H,1,8H2,2H3. The molecule has 0 amide bonds. The fourth-order valence-electron chi connectivity index (χ4n) is 0.929. The molecular weight excluding hydrogens is 181 g/mol. The Morgan fingerprint density at radius 2 is 2.43 bits per heavy atom. The van der Waals surface area contributed by atoms with E-state index in [0.717, 1.165) is 5.71 Å². The van der Waals surface area contributed by atoms with Gasteiger partial charge in [0.25, 0.3) is 0 Å². The molecule has 0 aromatic heterocycles. The molecule has 14 heavy (non-hydrogen) atoms. The largest absolute Gasteiger partial charge is 0.487 e. The Kier molecular flexibility index (Phi) is 3.85. The van der Waals surface area contributed by atoms with E-state index in [9.17, 15) is 4.39 Å². The van der Waals surface area contributed by atoms with Gasteiger partial charge in [-0.2, -0.15) is 0 Å². The van der Waals surface area contributed by atoms with Gasteiger partial charge in [0.1, 0.15) is 18.2 Å². The van der Waals surface area contributed by atoms with Crippen molar-refractivity contribution in [3.8, 4) is 5.75 Å². The summed E-state index contributed by atoms with van der Waals surface area (Å²) >= 11 is 0. The van der Waals surface area contributed by atoms with E-state index in [2.05, 4.69) is 11.6 Å². The number of rotatable bonds is 4. The van der Waals surface area contributed by atoms with E-state index >= 15 is 0 Å². The number of hydrogen-bond acceptors (Lipinski definition) is 2. The maximum atomic E-state index is 12.7. The van der Waals surface area contributed by atoms with E-state index in [1.165, 1.54) is 12.1 Å². The van der Waals surface area contributed by atoms with Crippen molar-refractivity contribution < 1.29 is 9.13 Å². The van der Waals surface area contributed by atoms with Crippen molar-refractivity contribution in [1.29, 1.82) is 0 Å². The van der Waals surface area contributed by atoms with Crippen LogP contribution in [0.25, 0.3) is 0 Å². The van der Waals surface area contributed by atoms with Gasteiger partial charge in [0.05, 0.1) is 5.71 Å². The van der Waals surface area contributed by atoms with Gasteiger partial charge in [-0.05, 0) is 18.2 Å². The quantitative estimate of drug-likeness (QED) is 0.673. The van der Waals surface area contributed by atoms with E-state index in [1.54, 1.807) is 25.3 Å². The van der Waals surface area contributed by atoms with E-state index in [1.807, 2.05) is 0 Å². The van der Waals surface area contributed by atoms with Gasteiger partial charge < -0.3 is 4.74 Å². The van der Waals surface area contributed by atoms with E-state index in [-0.39, 0.29) is 5.82 Å². The zero-order chi connectivity index (χ0) is 10.4. The summed E-state index contributed by atoms with van der Waals surface area (Å²) in [5.74, 6) is 0.184. The summed E-state index contributed by atoms with van der Waals surface area (Å²) in [5, 5.41) is 0. The van der Waals surface area contributed by atoms with Crippen LogP contribution in [0.3, 0.4) is 0 Å². The predicted octanol–water partition coefficient (Wildman–Crippen LogP) is 2.46. The fraction of sp³-hybridized carbons (Fsp3) is 0.182. The number of halogens is 1. The molecule has 0 aliphatic carbocycles. The summed E-state index contributed by atoms with van der Waals surface area (Å²) in [6, 6.07) is 5.99. The topological polar surface area (TPSA) is 21.6 Å². The Labute approximate surface area is 82.7 Å². The number of nitrogens with zero attached hydrogens (tertiary/aromatic N) is 1. The third kappa shape index (κ3) is 3.01. The summed E-state index contributed by atoms with van der Waals surface area (Å²) in [7, 11) is 1.66. The lowest BCUT2D eigenvalue weighted by Crippen LogP contribution is -2.08. The van der Waals surface area contributed by atoms with Crippen molar-refractivity contribution in [2.24, 2.45) is 4.99 Å². The Morgan fingerprint density at radius 3 is 3.00 bits per heavy atom. The summed E-state index contributed by atoms with van der Waals surface area (Å²) < 4.78 is 18.0. The second kappa shape index (κ2) is 5.17. The second-order valence-corrected chi connectivity index (χ2v) is 2.67. The predicted molar refractivity (Wildman–Crippen MR) is 55.5 cm³/mol. The Balaban J connectivity index is 2.57. The first-order chi connectivity index (χ1) is 6.76. The molecule has 0 bridgehead atoms. The molecule has 0 radical (unpaired) electrons. The highest BCUT2D eigenvalue weighted by molar-refractivity contribution is 5.95. The zero-order valence-corrected chi connectivity index (χ0v) is 8.03. The zero-order valence-electron chi connectivity index (χ0n) is 8.03. The molecule has 0 unspecified atom stereocenters. The summed E-state index contributed by atoms with van der Waals surface area (Å²) in [6.07, 6.45) is 1.61. The molecule has 0 aliphatic rings. The number of benzene rings is 1. The van der Waals surface area contributed by atoms with Gasteiger partial charge in [0.2, 0.25) is 0 Å². The molecule has 0 spiro atoms. The van der Waals surface area contributed by atoms with Crippen molar-refractivity contribution in [2.75, 3.05) is 13.7 Å². The van der Waals surface area contributed by atoms with Gasteiger partial charge in [-0.15, -0.1) is 0 Å². The molecule has 0 N–H and O–H groups in total. The van der Waals surface area contributed by atoms with Crippen LogP contribution in [0.4, 0.5) is 4.39 Å². The summed E-state index contributed by atoms with van der Waals surface area (Å²) in [4.78, 5) is 3.92. The molecule has 0 fully saturated rings. The Morgan fingerprint density at radius 1 is 1.64 bits per heavy atom. The first kappa shape index (κ1) is 10.4. The lowest BCUT2D eigenvalue weighted by molar-refractivity contribution is 0.374. The highest BCUT2D eigenvalue weighted by atomic mass is 19.1. The smallest absolute Gasteiger partial charge is 0.130 e. The van der Waals surface area contributed by atoms with Crippen LogP contribution in [0.1, 0.15) is 0 Å². The van der Waals surface area contributed by atoms with Crippen LogP contribution in [0.5, 0.6) is 5.75 Å². The number of aliphatic imine (C=N–C) groups is 1. The first-order valence-corrected chi connectivity index (χ1v) is 4.22. The molecular formula is C11H12FNO. The van der Waals surface area contributed by atoms with Crippen LogP contribution in [-0.4, -0.2) is 19.4 Å². The molecule has 1 rings (SSSR count). The molecule has 0 aliphatic heterocycles. The molecule has 74 valence electrons.